The van der Waals surface area contributed by atoms with Gasteiger partial charge in [-0.05, 0) is 30.3 Å². The van der Waals surface area contributed by atoms with Gasteiger partial charge < -0.3 is 14.8 Å². The molecule has 0 aliphatic rings. The van der Waals surface area contributed by atoms with Gasteiger partial charge in [-0.3, -0.25) is 14.9 Å². The van der Waals surface area contributed by atoms with Crippen LogP contribution in [-0.4, -0.2) is 30.8 Å². The first kappa shape index (κ1) is 17.6. The van der Waals surface area contributed by atoms with E-state index in [-0.39, 0.29) is 23.0 Å². The number of hydrogen-bond donors (Lipinski definition) is 1. The van der Waals surface area contributed by atoms with Crippen LogP contribution in [0.5, 0.6) is 11.5 Å². The molecular weight excluding hydrogens is 332 g/mol. The number of carbonyl (C=O) groups is 1. The molecule has 0 saturated heterocycles. The van der Waals surface area contributed by atoms with Gasteiger partial charge in [-0.15, -0.1) is 11.8 Å². The third kappa shape index (κ3) is 4.63. The van der Waals surface area contributed by atoms with Crippen LogP contribution in [-0.2, 0) is 4.79 Å². The number of carbonyl (C=O) groups excluding carboxylic acids is 1. The highest BCUT2D eigenvalue weighted by atomic mass is 32.2. The molecule has 0 aliphatic heterocycles. The molecule has 0 radical (unpaired) electrons. The van der Waals surface area contributed by atoms with Gasteiger partial charge in [-0.2, -0.15) is 0 Å². The van der Waals surface area contributed by atoms with Gasteiger partial charge in [0.05, 0.1) is 30.6 Å². The second-order valence-electron chi connectivity index (χ2n) is 4.65. The van der Waals surface area contributed by atoms with E-state index in [0.717, 1.165) is 10.6 Å². The molecule has 8 heteroatoms. The number of methoxy groups -OCH3 is 2. The van der Waals surface area contributed by atoms with Crippen LogP contribution in [0.1, 0.15) is 0 Å². The number of thioether (sulfide) groups is 1. The fourth-order valence-corrected chi connectivity index (χ4v) is 2.61. The van der Waals surface area contributed by atoms with Crippen molar-refractivity contribution in [3.8, 4) is 11.5 Å². The van der Waals surface area contributed by atoms with Gasteiger partial charge in [-0.25, -0.2) is 0 Å². The molecule has 2 aromatic rings. The van der Waals surface area contributed by atoms with Gasteiger partial charge in [0.1, 0.15) is 11.5 Å². The Labute approximate surface area is 143 Å². The fourth-order valence-electron chi connectivity index (χ4n) is 1.91. The second-order valence-corrected chi connectivity index (χ2v) is 5.70. The van der Waals surface area contributed by atoms with Crippen LogP contribution in [0.15, 0.2) is 47.4 Å². The summed E-state index contributed by atoms with van der Waals surface area (Å²) in [6, 6.07) is 11.4. The molecule has 126 valence electrons. The van der Waals surface area contributed by atoms with E-state index >= 15 is 0 Å². The number of hydrogen-bond acceptors (Lipinski definition) is 6. The highest BCUT2D eigenvalue weighted by molar-refractivity contribution is 8.00. The van der Waals surface area contributed by atoms with Crippen LogP contribution in [0.25, 0.3) is 0 Å². The van der Waals surface area contributed by atoms with Gasteiger partial charge in [0, 0.05) is 17.0 Å². The van der Waals surface area contributed by atoms with Crippen LogP contribution in [0.2, 0.25) is 0 Å². The van der Waals surface area contributed by atoms with Crippen LogP contribution in [0.4, 0.5) is 11.4 Å². The predicted molar refractivity (Wildman–Crippen MR) is 92.0 cm³/mol. The third-order valence-corrected chi connectivity index (χ3v) is 4.11. The summed E-state index contributed by atoms with van der Waals surface area (Å²) in [5, 5.41) is 13.5. The topological polar surface area (TPSA) is 90.7 Å². The highest BCUT2D eigenvalue weighted by Crippen LogP contribution is 2.29. The molecule has 0 spiro atoms. The summed E-state index contributed by atoms with van der Waals surface area (Å²) in [6.45, 7) is 0. The van der Waals surface area contributed by atoms with Crippen molar-refractivity contribution in [2.75, 3.05) is 25.3 Å². The minimum atomic E-state index is -0.527. The first-order valence-corrected chi connectivity index (χ1v) is 7.91. The van der Waals surface area contributed by atoms with E-state index in [2.05, 4.69) is 5.32 Å². The molecule has 1 N–H and O–H groups in total. The van der Waals surface area contributed by atoms with E-state index < -0.39 is 4.92 Å². The van der Waals surface area contributed by atoms with Gasteiger partial charge in [0.15, 0.2) is 0 Å². The Hall–Kier alpha value is -2.74. The Balaban J connectivity index is 2.00. The first-order chi connectivity index (χ1) is 11.5. The van der Waals surface area contributed by atoms with Crippen LogP contribution in [0, 0.1) is 10.1 Å². The fraction of sp³-hybridized carbons (Fsp3) is 0.188. The highest BCUT2D eigenvalue weighted by Gasteiger charge is 2.13. The number of non-ortho nitro benzene ring substituents is 1. The number of amides is 1. The van der Waals surface area contributed by atoms with E-state index in [9.17, 15) is 14.9 Å². The minimum absolute atomic E-state index is 0.117. The molecule has 0 aromatic heterocycles. The Morgan fingerprint density at radius 3 is 2.46 bits per heavy atom. The van der Waals surface area contributed by atoms with Gasteiger partial charge in [0.2, 0.25) is 5.91 Å². The number of nitrogens with zero attached hydrogens (tertiary/aromatic N) is 1. The zero-order chi connectivity index (χ0) is 17.5. The van der Waals surface area contributed by atoms with Crippen molar-refractivity contribution in [3.63, 3.8) is 0 Å². The predicted octanol–water partition coefficient (Wildman–Crippen LogP) is 3.34. The number of benzene rings is 2. The van der Waals surface area contributed by atoms with Crippen molar-refractivity contribution < 1.29 is 19.2 Å². The van der Waals surface area contributed by atoms with E-state index in [0.29, 0.717) is 5.75 Å². The average molecular weight is 348 g/mol. The molecule has 0 bridgehead atoms. The zero-order valence-corrected chi connectivity index (χ0v) is 14.0. The maximum absolute atomic E-state index is 12.1. The average Bonchev–Trinajstić information content (AvgIpc) is 2.60. The maximum Gasteiger partial charge on any atom is 0.271 e. The summed E-state index contributed by atoms with van der Waals surface area (Å²) in [5.74, 6) is 0.987. The van der Waals surface area contributed by atoms with Gasteiger partial charge in [-0.1, -0.05) is 0 Å². The molecule has 7 nitrogen and oxygen atoms in total. The van der Waals surface area contributed by atoms with Crippen molar-refractivity contribution in [2.45, 2.75) is 4.90 Å². The Morgan fingerprint density at radius 2 is 1.88 bits per heavy atom. The van der Waals surface area contributed by atoms with Crippen molar-refractivity contribution >= 4 is 29.0 Å². The molecule has 0 heterocycles. The molecule has 0 aliphatic carbocycles. The number of nitro benzene ring substituents is 1. The van der Waals surface area contributed by atoms with E-state index in [1.165, 1.54) is 37.1 Å². The van der Waals surface area contributed by atoms with Crippen molar-refractivity contribution in [1.82, 2.24) is 0 Å². The lowest BCUT2D eigenvalue weighted by atomic mass is 10.2. The van der Waals surface area contributed by atoms with Crippen LogP contribution < -0.4 is 14.8 Å². The summed E-state index contributed by atoms with van der Waals surface area (Å²) in [7, 11) is 3.02. The molecular formula is C16H16N2O5S. The molecule has 0 unspecified atom stereocenters. The standard InChI is InChI=1S/C16H16N2O5S/c1-22-12-4-6-13(7-5-12)24-10-16(19)17-14-9-11(18(20)21)3-8-15(14)23-2/h3-9H,10H2,1-2H3,(H,17,19). The van der Waals surface area contributed by atoms with Crippen LogP contribution >= 0.6 is 11.8 Å². The Bertz CT molecular complexity index is 734. The van der Waals surface area contributed by atoms with Crippen LogP contribution in [0.3, 0.4) is 0 Å². The quantitative estimate of drug-likeness (QED) is 0.469. The van der Waals surface area contributed by atoms with Gasteiger partial charge >= 0.3 is 0 Å². The van der Waals surface area contributed by atoms with E-state index in [1.807, 2.05) is 24.3 Å². The summed E-state index contributed by atoms with van der Waals surface area (Å²) >= 11 is 1.35. The largest absolute Gasteiger partial charge is 0.497 e. The number of anilines is 1. The third-order valence-electron chi connectivity index (χ3n) is 3.10. The lowest BCUT2D eigenvalue weighted by Gasteiger charge is -2.10. The lowest BCUT2D eigenvalue weighted by molar-refractivity contribution is -0.384. The van der Waals surface area contributed by atoms with E-state index in [4.69, 9.17) is 9.47 Å². The Morgan fingerprint density at radius 1 is 1.17 bits per heavy atom. The molecule has 2 aromatic carbocycles. The smallest absolute Gasteiger partial charge is 0.271 e. The SMILES string of the molecule is COc1ccc(SCC(=O)Nc2cc([N+](=O)[O-])ccc2OC)cc1. The molecule has 0 fully saturated rings. The maximum atomic E-state index is 12.1. The van der Waals surface area contributed by atoms with Crippen molar-refractivity contribution in [3.05, 3.63) is 52.6 Å². The first-order valence-electron chi connectivity index (χ1n) is 6.92. The number of rotatable bonds is 7. The Kier molecular flexibility index (Phi) is 6.02. The molecule has 2 rings (SSSR count). The van der Waals surface area contributed by atoms with E-state index in [1.54, 1.807) is 7.11 Å². The summed E-state index contributed by atoms with van der Waals surface area (Å²) in [5.41, 5.74) is 0.154. The normalized spacial score (nSPS) is 10.1. The molecule has 0 saturated carbocycles. The summed E-state index contributed by atoms with van der Waals surface area (Å²) in [6.07, 6.45) is 0. The summed E-state index contributed by atoms with van der Waals surface area (Å²) < 4.78 is 10.2. The molecule has 0 atom stereocenters. The molecule has 1 amide bonds. The lowest BCUT2D eigenvalue weighted by Crippen LogP contribution is -2.14. The number of nitro groups is 1. The minimum Gasteiger partial charge on any atom is -0.497 e. The molecule has 24 heavy (non-hydrogen) atoms. The number of ether oxygens (including phenoxy) is 2. The zero-order valence-electron chi connectivity index (χ0n) is 13.1. The monoisotopic (exact) mass is 348 g/mol. The van der Waals surface area contributed by atoms with Crippen molar-refractivity contribution in [1.29, 1.82) is 0 Å². The summed E-state index contributed by atoms with van der Waals surface area (Å²) in [4.78, 5) is 23.3. The van der Waals surface area contributed by atoms with Gasteiger partial charge in [0.25, 0.3) is 5.69 Å². The van der Waals surface area contributed by atoms with Crippen molar-refractivity contribution in [2.24, 2.45) is 0 Å². The number of nitrogens with one attached hydrogen (secondary N) is 1. The second kappa shape index (κ2) is 8.21.